The SMILES string of the molecule is NC(=O)[C@@H]1CCCN1Cc1ccc(-c2cnc(N)c(-c3nnnn3-c3cccc(F)c3F)c2)cc1. The Balaban J connectivity index is 1.44. The molecule has 1 atom stereocenters. The smallest absolute Gasteiger partial charge is 0.234 e. The molecule has 9 nitrogen and oxygen atoms in total. The number of halogens is 2. The van der Waals surface area contributed by atoms with Gasteiger partial charge in [-0.3, -0.25) is 9.69 Å². The summed E-state index contributed by atoms with van der Waals surface area (Å²) >= 11 is 0. The maximum atomic E-state index is 14.4. The number of anilines is 1. The Morgan fingerprint density at radius 3 is 2.69 bits per heavy atom. The Morgan fingerprint density at radius 1 is 1.11 bits per heavy atom. The van der Waals surface area contributed by atoms with Crippen LogP contribution in [0.25, 0.3) is 28.2 Å². The van der Waals surface area contributed by atoms with Crippen LogP contribution >= 0.6 is 0 Å². The molecule has 1 aliphatic rings. The maximum absolute atomic E-state index is 14.4. The summed E-state index contributed by atoms with van der Waals surface area (Å²) in [5.74, 6) is -2.11. The predicted molar refractivity (Wildman–Crippen MR) is 125 cm³/mol. The van der Waals surface area contributed by atoms with Gasteiger partial charge >= 0.3 is 0 Å². The molecule has 1 saturated heterocycles. The zero-order valence-corrected chi connectivity index (χ0v) is 18.6. The molecule has 4 N–H and O–H groups in total. The number of hydrogen-bond acceptors (Lipinski definition) is 7. The first-order valence-corrected chi connectivity index (χ1v) is 11.0. The first-order valence-electron chi connectivity index (χ1n) is 11.0. The van der Waals surface area contributed by atoms with E-state index in [1.807, 2.05) is 24.3 Å². The molecule has 2 aromatic carbocycles. The lowest BCUT2D eigenvalue weighted by Gasteiger charge is -2.21. The summed E-state index contributed by atoms with van der Waals surface area (Å²) in [6.45, 7) is 1.47. The summed E-state index contributed by atoms with van der Waals surface area (Å²) < 4.78 is 29.2. The van der Waals surface area contributed by atoms with E-state index in [9.17, 15) is 13.6 Å². The summed E-state index contributed by atoms with van der Waals surface area (Å²) in [5.41, 5.74) is 14.5. The maximum Gasteiger partial charge on any atom is 0.234 e. The van der Waals surface area contributed by atoms with Crippen molar-refractivity contribution in [1.29, 1.82) is 0 Å². The van der Waals surface area contributed by atoms with E-state index in [1.54, 1.807) is 12.3 Å². The molecule has 4 aromatic rings. The van der Waals surface area contributed by atoms with Gasteiger partial charge in [-0.1, -0.05) is 30.3 Å². The van der Waals surface area contributed by atoms with Gasteiger partial charge in [-0.25, -0.2) is 13.8 Å². The van der Waals surface area contributed by atoms with Crippen molar-refractivity contribution < 1.29 is 13.6 Å². The summed E-state index contributed by atoms with van der Waals surface area (Å²) in [4.78, 5) is 18.0. The number of benzene rings is 2. The third-order valence-electron chi connectivity index (χ3n) is 6.15. The molecule has 1 aliphatic heterocycles. The quantitative estimate of drug-likeness (QED) is 0.438. The molecule has 0 spiro atoms. The van der Waals surface area contributed by atoms with Crippen molar-refractivity contribution in [1.82, 2.24) is 30.1 Å². The molecule has 1 amide bonds. The number of hydrogen-bond donors (Lipinski definition) is 2. The van der Waals surface area contributed by atoms with E-state index in [0.717, 1.165) is 46.8 Å². The molecular formula is C24H22F2N8O. The third kappa shape index (κ3) is 4.33. The number of nitrogens with two attached hydrogens (primary N) is 2. The fourth-order valence-corrected chi connectivity index (χ4v) is 4.36. The predicted octanol–water partition coefficient (Wildman–Crippen LogP) is 2.70. The Bertz CT molecular complexity index is 1390. The number of pyridine rings is 1. The molecule has 0 radical (unpaired) electrons. The highest BCUT2D eigenvalue weighted by atomic mass is 19.2. The lowest BCUT2D eigenvalue weighted by Crippen LogP contribution is -2.39. The highest BCUT2D eigenvalue weighted by molar-refractivity contribution is 5.80. The number of rotatable bonds is 6. The van der Waals surface area contributed by atoms with E-state index in [-0.39, 0.29) is 29.3 Å². The van der Waals surface area contributed by atoms with Crippen LogP contribution in [-0.4, -0.2) is 48.6 Å². The van der Waals surface area contributed by atoms with E-state index in [0.29, 0.717) is 12.1 Å². The van der Waals surface area contributed by atoms with E-state index in [4.69, 9.17) is 11.5 Å². The number of aromatic nitrogens is 5. The van der Waals surface area contributed by atoms with Gasteiger partial charge in [0.05, 0.1) is 11.6 Å². The van der Waals surface area contributed by atoms with Crippen molar-refractivity contribution in [2.24, 2.45) is 5.73 Å². The number of nitrogen functional groups attached to an aromatic ring is 1. The number of likely N-dealkylation sites (tertiary alicyclic amines) is 1. The molecule has 0 unspecified atom stereocenters. The van der Waals surface area contributed by atoms with Gasteiger partial charge in [0.15, 0.2) is 17.5 Å². The average Bonchev–Trinajstić information content (AvgIpc) is 3.52. The zero-order valence-electron chi connectivity index (χ0n) is 18.6. The number of primary amides is 1. The van der Waals surface area contributed by atoms with Gasteiger partial charge in [0.25, 0.3) is 0 Å². The van der Waals surface area contributed by atoms with Gasteiger partial charge in [-0.2, -0.15) is 4.68 Å². The van der Waals surface area contributed by atoms with Gasteiger partial charge in [-0.05, 0) is 59.1 Å². The Labute approximate surface area is 199 Å². The topological polar surface area (TPSA) is 129 Å². The molecule has 0 aliphatic carbocycles. The minimum Gasteiger partial charge on any atom is -0.383 e. The lowest BCUT2D eigenvalue weighted by atomic mass is 10.0. The van der Waals surface area contributed by atoms with Crippen LogP contribution in [-0.2, 0) is 11.3 Å². The standard InChI is InChI=1S/C24H22F2N8O/c25-18-3-1-4-19(21(18)26)34-24(30-31-32-34)17-11-16(12-29-22(17)27)15-8-6-14(7-9-15)13-33-10-2-5-20(33)23(28)35/h1,3-4,6-9,11-12,20H,2,5,10,13H2,(H2,27,29)(H2,28,35)/t20-/m0/s1. The largest absolute Gasteiger partial charge is 0.383 e. The number of nitrogens with zero attached hydrogens (tertiary/aromatic N) is 6. The van der Waals surface area contributed by atoms with Crippen LogP contribution in [0.15, 0.2) is 54.7 Å². The Morgan fingerprint density at radius 2 is 1.91 bits per heavy atom. The Hall–Kier alpha value is -4.25. The van der Waals surface area contributed by atoms with E-state index < -0.39 is 11.6 Å². The molecule has 5 rings (SSSR count). The van der Waals surface area contributed by atoms with Crippen LogP contribution < -0.4 is 11.5 Å². The van der Waals surface area contributed by atoms with Crippen molar-refractivity contribution in [3.05, 3.63) is 71.9 Å². The first-order chi connectivity index (χ1) is 16.9. The van der Waals surface area contributed by atoms with Crippen molar-refractivity contribution in [3.8, 4) is 28.2 Å². The lowest BCUT2D eigenvalue weighted by molar-refractivity contribution is -0.122. The first kappa shape index (κ1) is 22.5. The van der Waals surface area contributed by atoms with E-state index in [1.165, 1.54) is 12.1 Å². The zero-order chi connectivity index (χ0) is 24.5. The average molecular weight is 476 g/mol. The van der Waals surface area contributed by atoms with Crippen LogP contribution in [0.5, 0.6) is 0 Å². The van der Waals surface area contributed by atoms with Gasteiger partial charge in [0.1, 0.15) is 11.5 Å². The van der Waals surface area contributed by atoms with Gasteiger partial charge in [-0.15, -0.1) is 5.10 Å². The molecule has 0 bridgehead atoms. The van der Waals surface area contributed by atoms with Gasteiger partial charge < -0.3 is 11.5 Å². The number of amides is 1. The number of carbonyl (C=O) groups is 1. The fourth-order valence-electron chi connectivity index (χ4n) is 4.36. The normalized spacial score (nSPS) is 16.0. The highest BCUT2D eigenvalue weighted by Gasteiger charge is 2.28. The van der Waals surface area contributed by atoms with Crippen LogP contribution in [0.3, 0.4) is 0 Å². The Kier molecular flexibility index (Phi) is 5.91. The second kappa shape index (κ2) is 9.18. The summed E-state index contributed by atoms with van der Waals surface area (Å²) in [6.07, 6.45) is 3.35. The van der Waals surface area contributed by atoms with Gasteiger partial charge in [0.2, 0.25) is 5.91 Å². The molecular weight excluding hydrogens is 454 g/mol. The second-order valence-corrected chi connectivity index (χ2v) is 8.37. The molecule has 178 valence electrons. The molecule has 2 aromatic heterocycles. The van der Waals surface area contributed by atoms with Crippen molar-refractivity contribution in [2.45, 2.75) is 25.4 Å². The summed E-state index contributed by atoms with van der Waals surface area (Å²) in [6, 6.07) is 13.1. The molecule has 0 saturated carbocycles. The van der Waals surface area contributed by atoms with E-state index >= 15 is 0 Å². The minimum absolute atomic E-state index is 0.129. The highest BCUT2D eigenvalue weighted by Crippen LogP contribution is 2.30. The van der Waals surface area contributed by atoms with Crippen LogP contribution in [0.2, 0.25) is 0 Å². The number of tetrazole rings is 1. The van der Waals surface area contributed by atoms with Gasteiger partial charge in [0, 0.05) is 18.3 Å². The van der Waals surface area contributed by atoms with Crippen molar-refractivity contribution in [2.75, 3.05) is 12.3 Å². The van der Waals surface area contributed by atoms with E-state index in [2.05, 4.69) is 25.4 Å². The summed E-state index contributed by atoms with van der Waals surface area (Å²) in [5, 5.41) is 11.4. The van der Waals surface area contributed by atoms with Crippen LogP contribution in [0.4, 0.5) is 14.6 Å². The fraction of sp³-hybridized carbons (Fsp3) is 0.208. The van der Waals surface area contributed by atoms with Crippen LogP contribution in [0, 0.1) is 11.6 Å². The molecule has 1 fully saturated rings. The second-order valence-electron chi connectivity index (χ2n) is 8.37. The molecule has 3 heterocycles. The van der Waals surface area contributed by atoms with Crippen LogP contribution in [0.1, 0.15) is 18.4 Å². The monoisotopic (exact) mass is 476 g/mol. The number of carbonyl (C=O) groups excluding carboxylic acids is 1. The van der Waals surface area contributed by atoms with Crippen molar-refractivity contribution >= 4 is 11.7 Å². The summed E-state index contributed by atoms with van der Waals surface area (Å²) in [7, 11) is 0. The third-order valence-corrected chi connectivity index (χ3v) is 6.15. The van der Waals surface area contributed by atoms with Crippen molar-refractivity contribution in [3.63, 3.8) is 0 Å². The molecule has 11 heteroatoms. The molecule has 35 heavy (non-hydrogen) atoms. The minimum atomic E-state index is -1.07.